The third-order valence-corrected chi connectivity index (χ3v) is 13.1. The maximum absolute atomic E-state index is 7.35. The SMILES string of the molecule is COC[C@H](OP(c1ccccc1)c1ccccc1)[C@H](SC12CC3CC(CC(C3)C1)C2)c1c(C)cc(C)cc1C. The molecule has 206 valence electrons. The van der Waals surface area contributed by atoms with Gasteiger partial charge in [-0.05, 0) is 93.7 Å². The zero-order valence-corrected chi connectivity index (χ0v) is 25.6. The lowest BCUT2D eigenvalue weighted by Crippen LogP contribution is -2.49. The van der Waals surface area contributed by atoms with Gasteiger partial charge in [0.25, 0.3) is 0 Å². The van der Waals surface area contributed by atoms with Crippen LogP contribution in [0.2, 0.25) is 0 Å². The second-order valence-electron chi connectivity index (χ2n) is 12.5. The van der Waals surface area contributed by atoms with Crippen molar-refractivity contribution in [3.05, 3.63) is 95.1 Å². The van der Waals surface area contributed by atoms with Gasteiger partial charge in [0, 0.05) is 22.5 Å². The summed E-state index contributed by atoms with van der Waals surface area (Å²) < 4.78 is 13.7. The molecule has 4 aliphatic rings. The van der Waals surface area contributed by atoms with Crippen LogP contribution >= 0.6 is 19.9 Å². The average molecular weight is 559 g/mol. The molecule has 0 radical (unpaired) electrons. The number of thioether (sulfide) groups is 1. The molecule has 0 aliphatic heterocycles. The summed E-state index contributed by atoms with van der Waals surface area (Å²) >= 11 is 2.28. The van der Waals surface area contributed by atoms with Crippen molar-refractivity contribution in [2.45, 2.75) is 75.4 Å². The Balaban J connectivity index is 1.41. The minimum atomic E-state index is -0.982. The third-order valence-electron chi connectivity index (χ3n) is 9.27. The molecule has 0 unspecified atom stereocenters. The standard InChI is InChI=1S/C35H43O2PS/c1-24-15-25(2)33(26(3)16-24)34(39-35-20-27-17-28(21-35)19-29(18-27)22-35)32(23-36-4)37-38(30-11-7-5-8-12-30)31-13-9-6-10-14-31/h5-16,27-29,32,34H,17-23H2,1-4H3/t27?,28?,29?,32-,34-,35?/m0/s1. The summed E-state index contributed by atoms with van der Waals surface area (Å²) in [5.74, 6) is 2.78. The number of hydrogen-bond acceptors (Lipinski definition) is 3. The molecule has 4 bridgehead atoms. The summed E-state index contributed by atoms with van der Waals surface area (Å²) in [6.45, 7) is 7.43. The highest BCUT2D eigenvalue weighted by atomic mass is 32.2. The molecule has 4 aliphatic carbocycles. The molecule has 3 aromatic rings. The normalized spacial score (nSPS) is 27.2. The zero-order valence-electron chi connectivity index (χ0n) is 23.9. The Hall–Kier alpha value is -1.64. The maximum atomic E-state index is 7.35. The number of aryl methyl sites for hydroxylation is 3. The first-order chi connectivity index (χ1) is 18.9. The lowest BCUT2D eigenvalue weighted by Gasteiger charge is -2.57. The van der Waals surface area contributed by atoms with Crippen LogP contribution in [0.15, 0.2) is 72.8 Å². The van der Waals surface area contributed by atoms with E-state index in [1.54, 1.807) is 0 Å². The Morgan fingerprint density at radius 3 is 1.74 bits per heavy atom. The monoisotopic (exact) mass is 558 g/mol. The van der Waals surface area contributed by atoms with Crippen molar-refractivity contribution >= 4 is 30.5 Å². The van der Waals surface area contributed by atoms with Gasteiger partial charge >= 0.3 is 0 Å². The van der Waals surface area contributed by atoms with Gasteiger partial charge in [0.1, 0.15) is 6.10 Å². The zero-order chi connectivity index (χ0) is 27.0. The van der Waals surface area contributed by atoms with E-state index in [2.05, 4.69) is 105 Å². The van der Waals surface area contributed by atoms with Crippen molar-refractivity contribution in [3.8, 4) is 0 Å². The Morgan fingerprint density at radius 1 is 0.795 bits per heavy atom. The molecule has 2 nitrogen and oxygen atoms in total. The molecular formula is C35H43O2PS. The molecule has 4 fully saturated rings. The number of benzene rings is 3. The van der Waals surface area contributed by atoms with Crippen molar-refractivity contribution in [3.63, 3.8) is 0 Å². The van der Waals surface area contributed by atoms with Gasteiger partial charge in [-0.1, -0.05) is 78.4 Å². The summed E-state index contributed by atoms with van der Waals surface area (Å²) in [5, 5.41) is 2.76. The Kier molecular flexibility index (Phi) is 8.25. The van der Waals surface area contributed by atoms with Gasteiger partial charge in [-0.15, -0.1) is 11.8 Å². The highest BCUT2D eigenvalue weighted by Crippen LogP contribution is 2.64. The lowest BCUT2D eigenvalue weighted by atomic mass is 9.56. The molecule has 4 saturated carbocycles. The Labute approximate surface area is 241 Å². The van der Waals surface area contributed by atoms with Gasteiger partial charge in [-0.25, -0.2) is 0 Å². The number of methoxy groups -OCH3 is 1. The lowest BCUT2D eigenvalue weighted by molar-refractivity contribution is 0.0368. The van der Waals surface area contributed by atoms with Crippen LogP contribution in [0, 0.1) is 38.5 Å². The summed E-state index contributed by atoms with van der Waals surface area (Å²) in [6.07, 6.45) is 8.52. The highest BCUT2D eigenvalue weighted by molar-refractivity contribution is 8.01. The van der Waals surface area contributed by atoms with E-state index in [0.717, 1.165) is 17.8 Å². The van der Waals surface area contributed by atoms with Gasteiger partial charge in [-0.3, -0.25) is 0 Å². The molecule has 4 heteroatoms. The fourth-order valence-electron chi connectivity index (χ4n) is 8.28. The predicted octanol–water partition coefficient (Wildman–Crippen LogP) is 8.43. The van der Waals surface area contributed by atoms with Crippen molar-refractivity contribution in [2.75, 3.05) is 13.7 Å². The van der Waals surface area contributed by atoms with Crippen LogP contribution in [0.1, 0.15) is 66.0 Å². The summed E-state index contributed by atoms with van der Waals surface area (Å²) in [6, 6.07) is 26.4. The first-order valence-corrected chi connectivity index (χ1v) is 16.9. The minimum Gasteiger partial charge on any atom is -0.382 e. The number of ether oxygens (including phenoxy) is 1. The van der Waals surface area contributed by atoms with Crippen LogP contribution in [0.5, 0.6) is 0 Å². The second kappa shape index (κ2) is 11.7. The molecule has 0 amide bonds. The minimum absolute atomic E-state index is 0.0420. The molecule has 0 heterocycles. The van der Waals surface area contributed by atoms with Crippen LogP contribution in [-0.4, -0.2) is 24.6 Å². The van der Waals surface area contributed by atoms with Crippen molar-refractivity contribution in [1.29, 1.82) is 0 Å². The van der Waals surface area contributed by atoms with Gasteiger partial charge in [0.05, 0.1) is 20.0 Å². The van der Waals surface area contributed by atoms with Gasteiger partial charge in [0.2, 0.25) is 0 Å². The quantitative estimate of drug-likeness (QED) is 0.233. The molecule has 0 aromatic heterocycles. The second-order valence-corrected chi connectivity index (χ2v) is 16.0. The summed E-state index contributed by atoms with van der Waals surface area (Å²) in [5.41, 5.74) is 5.60. The van der Waals surface area contributed by atoms with Crippen LogP contribution in [-0.2, 0) is 9.26 Å². The fourth-order valence-corrected chi connectivity index (χ4v) is 12.5. The van der Waals surface area contributed by atoms with E-state index < -0.39 is 8.15 Å². The van der Waals surface area contributed by atoms with E-state index in [9.17, 15) is 0 Å². The number of rotatable bonds is 10. The van der Waals surface area contributed by atoms with Crippen LogP contribution in [0.25, 0.3) is 0 Å². The van der Waals surface area contributed by atoms with E-state index in [1.807, 2.05) is 7.11 Å². The molecule has 0 saturated heterocycles. The van der Waals surface area contributed by atoms with Crippen molar-refractivity contribution in [1.82, 2.24) is 0 Å². The third kappa shape index (κ3) is 5.89. The Bertz CT molecular complexity index is 1160. The van der Waals surface area contributed by atoms with Crippen LogP contribution in [0.4, 0.5) is 0 Å². The molecule has 0 spiro atoms. The molecule has 0 N–H and O–H groups in total. The molecule has 3 aromatic carbocycles. The van der Waals surface area contributed by atoms with Crippen molar-refractivity contribution in [2.24, 2.45) is 17.8 Å². The van der Waals surface area contributed by atoms with Crippen LogP contribution in [0.3, 0.4) is 0 Å². The topological polar surface area (TPSA) is 18.5 Å². The molecule has 39 heavy (non-hydrogen) atoms. The first-order valence-electron chi connectivity index (χ1n) is 14.7. The summed E-state index contributed by atoms with van der Waals surface area (Å²) in [4.78, 5) is 0. The average Bonchev–Trinajstić information content (AvgIpc) is 2.90. The fraction of sp³-hybridized carbons (Fsp3) is 0.486. The molecule has 2 atom stereocenters. The predicted molar refractivity (Wildman–Crippen MR) is 168 cm³/mol. The first kappa shape index (κ1) is 27.5. The largest absolute Gasteiger partial charge is 0.382 e. The van der Waals surface area contributed by atoms with Gasteiger partial charge in [-0.2, -0.15) is 0 Å². The van der Waals surface area contributed by atoms with E-state index in [0.29, 0.717) is 11.4 Å². The maximum Gasteiger partial charge on any atom is 0.102 e. The Morgan fingerprint density at radius 2 is 1.28 bits per heavy atom. The van der Waals surface area contributed by atoms with Gasteiger partial charge < -0.3 is 9.26 Å². The summed E-state index contributed by atoms with van der Waals surface area (Å²) in [7, 11) is 0.856. The molecule has 7 rings (SSSR count). The van der Waals surface area contributed by atoms with Gasteiger partial charge in [0.15, 0.2) is 0 Å². The van der Waals surface area contributed by atoms with E-state index in [-0.39, 0.29) is 11.4 Å². The molecular weight excluding hydrogens is 515 g/mol. The highest BCUT2D eigenvalue weighted by Gasteiger charge is 2.53. The van der Waals surface area contributed by atoms with Crippen molar-refractivity contribution < 1.29 is 9.26 Å². The van der Waals surface area contributed by atoms with E-state index in [4.69, 9.17) is 9.26 Å². The number of hydrogen-bond donors (Lipinski definition) is 0. The van der Waals surface area contributed by atoms with E-state index >= 15 is 0 Å². The smallest absolute Gasteiger partial charge is 0.102 e. The van der Waals surface area contributed by atoms with Crippen LogP contribution < -0.4 is 10.6 Å². The van der Waals surface area contributed by atoms with E-state index in [1.165, 1.54) is 71.4 Å².